The number of carboxylic acid groups (broad SMARTS) is 1. The maximum absolute atomic E-state index is 11.0. The van der Waals surface area contributed by atoms with Crippen LogP contribution in [0.2, 0.25) is 0 Å². The molecule has 7 nitrogen and oxygen atoms in total. The van der Waals surface area contributed by atoms with E-state index in [2.05, 4.69) is 17.1 Å². The van der Waals surface area contributed by atoms with E-state index in [0.717, 1.165) is 41.7 Å². The van der Waals surface area contributed by atoms with E-state index in [4.69, 9.17) is 18.9 Å². The van der Waals surface area contributed by atoms with Gasteiger partial charge in [-0.25, -0.2) is 4.98 Å². The van der Waals surface area contributed by atoms with Crippen molar-refractivity contribution in [3.05, 3.63) is 77.6 Å². The molecule has 190 valence electrons. The van der Waals surface area contributed by atoms with Gasteiger partial charge in [0, 0.05) is 5.75 Å². The Hall–Kier alpha value is -2.65. The van der Waals surface area contributed by atoms with E-state index in [9.17, 15) is 9.90 Å². The first-order valence-electron chi connectivity index (χ1n) is 11.5. The van der Waals surface area contributed by atoms with Gasteiger partial charge in [0.2, 0.25) is 0 Å². The van der Waals surface area contributed by atoms with Gasteiger partial charge in [0.1, 0.15) is 28.7 Å². The first-order chi connectivity index (χ1) is 17.5. The molecule has 0 saturated carbocycles. The molecule has 0 aliphatic rings. The molecule has 3 rings (SSSR count). The topological polar surface area (TPSA) is 89.9 Å². The number of aromatic nitrogens is 1. The van der Waals surface area contributed by atoms with E-state index >= 15 is 0 Å². The van der Waals surface area contributed by atoms with Crippen LogP contribution in [0.5, 0.6) is 23.0 Å². The Morgan fingerprint density at radius 2 is 1.62 bits per heavy atom. The SMILES string of the molecule is COc1ccc(CCCCOc2ccc(CSc3c(OC)cccc3OC)nc2C=CC(=O)[O-])cc1.[Na+]. The zero-order valence-electron chi connectivity index (χ0n) is 21.7. The molecule has 9 heteroatoms. The smallest absolute Gasteiger partial charge is 0.545 e. The average molecular weight is 532 g/mol. The molecule has 0 fully saturated rings. The van der Waals surface area contributed by atoms with Gasteiger partial charge in [-0.2, -0.15) is 0 Å². The number of pyridine rings is 1. The largest absolute Gasteiger partial charge is 1.00 e. The number of nitrogens with zero attached hydrogens (tertiary/aromatic N) is 1. The van der Waals surface area contributed by atoms with Gasteiger partial charge in [-0.05, 0) is 73.4 Å². The number of unbranched alkanes of at least 4 members (excludes halogenated alkanes) is 1. The second-order valence-corrected chi connectivity index (χ2v) is 8.76. The van der Waals surface area contributed by atoms with Gasteiger partial charge in [-0.15, -0.1) is 11.8 Å². The first-order valence-corrected chi connectivity index (χ1v) is 12.5. The predicted molar refractivity (Wildman–Crippen MR) is 139 cm³/mol. The molecule has 1 aromatic heterocycles. The van der Waals surface area contributed by atoms with Gasteiger partial charge in [0.05, 0.1) is 44.5 Å². The Morgan fingerprint density at radius 3 is 2.24 bits per heavy atom. The molecule has 0 aliphatic heterocycles. The zero-order chi connectivity index (χ0) is 25.8. The molecule has 0 saturated heterocycles. The molecule has 0 atom stereocenters. The third kappa shape index (κ3) is 9.63. The Morgan fingerprint density at radius 1 is 0.919 bits per heavy atom. The predicted octanol–water partition coefficient (Wildman–Crippen LogP) is 1.57. The zero-order valence-corrected chi connectivity index (χ0v) is 24.5. The molecular formula is C28H30NNaO6S. The van der Waals surface area contributed by atoms with Gasteiger partial charge in [0.15, 0.2) is 0 Å². The van der Waals surface area contributed by atoms with Crippen LogP contribution in [0.1, 0.15) is 29.8 Å². The summed E-state index contributed by atoms with van der Waals surface area (Å²) in [5.74, 6) is 2.04. The number of carbonyl (C=O) groups excluding carboxylic acids is 1. The number of aliphatic carboxylic acids is 1. The van der Waals surface area contributed by atoms with Crippen molar-refractivity contribution in [2.24, 2.45) is 0 Å². The van der Waals surface area contributed by atoms with Crippen LogP contribution in [-0.2, 0) is 17.0 Å². The molecule has 0 radical (unpaired) electrons. The van der Waals surface area contributed by atoms with Crippen LogP contribution >= 0.6 is 11.8 Å². The minimum Gasteiger partial charge on any atom is -0.545 e. The number of carboxylic acids is 1. The molecule has 0 N–H and O–H groups in total. The summed E-state index contributed by atoms with van der Waals surface area (Å²) in [6, 6.07) is 17.3. The summed E-state index contributed by atoms with van der Waals surface area (Å²) in [7, 11) is 4.88. The van der Waals surface area contributed by atoms with Gasteiger partial charge in [-0.1, -0.05) is 18.2 Å². The van der Waals surface area contributed by atoms with Crippen LogP contribution in [0.3, 0.4) is 0 Å². The third-order valence-corrected chi connectivity index (χ3v) is 6.48. The van der Waals surface area contributed by atoms with Crippen LogP contribution in [0.4, 0.5) is 0 Å². The third-order valence-electron chi connectivity index (χ3n) is 5.34. The summed E-state index contributed by atoms with van der Waals surface area (Å²) < 4.78 is 22.0. The van der Waals surface area contributed by atoms with Crippen LogP contribution in [0.25, 0.3) is 6.08 Å². The van der Waals surface area contributed by atoms with Gasteiger partial charge < -0.3 is 28.8 Å². The number of rotatable bonds is 14. The molecule has 37 heavy (non-hydrogen) atoms. The molecule has 0 spiro atoms. The second-order valence-electron chi connectivity index (χ2n) is 7.77. The van der Waals surface area contributed by atoms with Crippen LogP contribution < -0.4 is 53.6 Å². The van der Waals surface area contributed by atoms with Gasteiger partial charge in [0.25, 0.3) is 0 Å². The van der Waals surface area contributed by atoms with Gasteiger partial charge >= 0.3 is 29.6 Å². The fourth-order valence-corrected chi connectivity index (χ4v) is 4.52. The normalized spacial score (nSPS) is 10.6. The van der Waals surface area contributed by atoms with Crippen molar-refractivity contribution in [2.75, 3.05) is 27.9 Å². The first kappa shape index (κ1) is 30.6. The van der Waals surface area contributed by atoms with E-state index < -0.39 is 5.97 Å². The quantitative estimate of drug-likeness (QED) is 0.134. The number of thioether (sulfide) groups is 1. The summed E-state index contributed by atoms with van der Waals surface area (Å²) in [4.78, 5) is 16.5. The van der Waals surface area contributed by atoms with E-state index in [0.29, 0.717) is 35.3 Å². The number of hydrogen-bond acceptors (Lipinski definition) is 8. The number of aryl methyl sites for hydroxylation is 1. The molecular weight excluding hydrogens is 501 g/mol. The summed E-state index contributed by atoms with van der Waals surface area (Å²) in [5.41, 5.74) is 2.45. The number of hydrogen-bond donors (Lipinski definition) is 0. The standard InChI is InChI=1S/C28H31NO6S.Na/c1-32-22-13-10-20(11-14-22)7-4-5-18-35-24-16-12-21(29-23(24)15-17-27(30)31)19-36-28-25(33-2)8-6-9-26(28)34-3;/h6,8-17H,4-5,7,18-19H2,1-3H3,(H,30,31);/q;+1/p-1. The fraction of sp³-hybridized carbons (Fsp3) is 0.286. The minimum atomic E-state index is -1.29. The maximum atomic E-state index is 11.0. The number of benzene rings is 2. The molecule has 0 unspecified atom stereocenters. The van der Waals surface area contributed by atoms with Crippen molar-refractivity contribution >= 4 is 23.8 Å². The minimum absolute atomic E-state index is 0. The molecule has 0 amide bonds. The van der Waals surface area contributed by atoms with Crippen molar-refractivity contribution in [2.45, 2.75) is 29.9 Å². The monoisotopic (exact) mass is 531 g/mol. The van der Waals surface area contributed by atoms with Crippen LogP contribution in [0.15, 0.2) is 65.6 Å². The Bertz CT molecular complexity index is 1150. The second kappa shape index (κ2) is 16.2. The van der Waals surface area contributed by atoms with E-state index in [1.54, 1.807) is 21.3 Å². The van der Waals surface area contributed by atoms with Crippen molar-refractivity contribution in [3.63, 3.8) is 0 Å². The Kier molecular flexibility index (Phi) is 13.4. The van der Waals surface area contributed by atoms with Crippen molar-refractivity contribution in [1.29, 1.82) is 0 Å². The molecule has 3 aromatic rings. The van der Waals surface area contributed by atoms with Crippen molar-refractivity contribution in [3.8, 4) is 23.0 Å². The van der Waals surface area contributed by atoms with Gasteiger partial charge in [-0.3, -0.25) is 0 Å². The Labute approximate surface area is 244 Å². The average Bonchev–Trinajstić information content (AvgIpc) is 2.91. The van der Waals surface area contributed by atoms with Crippen LogP contribution in [0, 0.1) is 0 Å². The molecule has 0 bridgehead atoms. The molecule has 2 aromatic carbocycles. The van der Waals surface area contributed by atoms with Crippen molar-refractivity contribution < 1.29 is 58.4 Å². The summed E-state index contributed by atoms with van der Waals surface area (Å²) in [5, 5.41) is 11.0. The van der Waals surface area contributed by atoms with E-state index in [1.165, 1.54) is 23.4 Å². The number of ether oxygens (including phenoxy) is 4. The summed E-state index contributed by atoms with van der Waals surface area (Å²) in [6.45, 7) is 0.497. The fourth-order valence-electron chi connectivity index (χ4n) is 3.48. The Balaban J connectivity index is 0.00000481. The molecule has 1 heterocycles. The number of carbonyl (C=O) groups is 1. The van der Waals surface area contributed by atoms with Crippen molar-refractivity contribution in [1.82, 2.24) is 4.98 Å². The van der Waals surface area contributed by atoms with Crippen LogP contribution in [-0.4, -0.2) is 38.9 Å². The summed E-state index contributed by atoms with van der Waals surface area (Å²) in [6.07, 6.45) is 5.10. The molecule has 0 aliphatic carbocycles. The number of methoxy groups -OCH3 is 3. The maximum Gasteiger partial charge on any atom is 1.00 e. The summed E-state index contributed by atoms with van der Waals surface area (Å²) >= 11 is 1.53. The van der Waals surface area contributed by atoms with E-state index in [-0.39, 0.29) is 29.6 Å². The van der Waals surface area contributed by atoms with E-state index in [1.807, 2.05) is 42.5 Å².